The molecule has 112 valence electrons. The van der Waals surface area contributed by atoms with Gasteiger partial charge in [-0.3, -0.25) is 0 Å². The summed E-state index contributed by atoms with van der Waals surface area (Å²) in [4.78, 5) is 6.99. The van der Waals surface area contributed by atoms with Crippen LogP contribution in [-0.4, -0.2) is 36.3 Å². The Morgan fingerprint density at radius 3 is 3.20 bits per heavy atom. The van der Waals surface area contributed by atoms with Gasteiger partial charge in [0.2, 0.25) is 0 Å². The molecule has 1 aromatic heterocycles. The molecule has 2 heterocycles. The Bertz CT molecular complexity index is 395. The SMILES string of the molecule is CCCNCc1cccnc1N1CCCC(CCO)C1. The lowest BCUT2D eigenvalue weighted by Gasteiger charge is -2.34. The third-order valence-corrected chi connectivity index (χ3v) is 3.97. The van der Waals surface area contributed by atoms with Gasteiger partial charge in [0.15, 0.2) is 0 Å². The summed E-state index contributed by atoms with van der Waals surface area (Å²) in [5, 5.41) is 12.6. The number of aromatic nitrogens is 1. The smallest absolute Gasteiger partial charge is 0.133 e. The molecule has 0 saturated carbocycles. The molecule has 1 aromatic rings. The number of hydrogen-bond acceptors (Lipinski definition) is 4. The first-order chi connectivity index (χ1) is 9.85. The van der Waals surface area contributed by atoms with Crippen LogP contribution in [0.25, 0.3) is 0 Å². The summed E-state index contributed by atoms with van der Waals surface area (Å²) >= 11 is 0. The fourth-order valence-electron chi connectivity index (χ4n) is 2.93. The Morgan fingerprint density at radius 2 is 2.40 bits per heavy atom. The quantitative estimate of drug-likeness (QED) is 0.750. The van der Waals surface area contributed by atoms with Crippen molar-refractivity contribution in [3.63, 3.8) is 0 Å². The molecule has 0 amide bonds. The second-order valence-electron chi connectivity index (χ2n) is 5.63. The van der Waals surface area contributed by atoms with Crippen molar-refractivity contribution in [2.75, 3.05) is 31.1 Å². The maximum absolute atomic E-state index is 9.13. The number of piperidine rings is 1. The predicted molar refractivity (Wildman–Crippen MR) is 82.9 cm³/mol. The fraction of sp³-hybridized carbons (Fsp3) is 0.688. The number of nitrogens with zero attached hydrogens (tertiary/aromatic N) is 2. The molecule has 1 unspecified atom stereocenters. The van der Waals surface area contributed by atoms with Gasteiger partial charge in [-0.1, -0.05) is 13.0 Å². The Hall–Kier alpha value is -1.13. The summed E-state index contributed by atoms with van der Waals surface area (Å²) in [5.74, 6) is 1.73. The van der Waals surface area contributed by atoms with E-state index in [9.17, 15) is 0 Å². The van der Waals surface area contributed by atoms with Crippen molar-refractivity contribution in [3.8, 4) is 0 Å². The maximum Gasteiger partial charge on any atom is 0.133 e. The van der Waals surface area contributed by atoms with Crippen molar-refractivity contribution in [1.82, 2.24) is 10.3 Å². The number of aliphatic hydroxyl groups excluding tert-OH is 1. The minimum atomic E-state index is 0.297. The first-order valence-corrected chi connectivity index (χ1v) is 7.85. The van der Waals surface area contributed by atoms with E-state index in [1.54, 1.807) is 0 Å². The number of nitrogens with one attached hydrogen (secondary N) is 1. The molecule has 2 N–H and O–H groups in total. The van der Waals surface area contributed by atoms with Gasteiger partial charge in [0, 0.05) is 38.0 Å². The number of pyridine rings is 1. The molecular weight excluding hydrogens is 250 g/mol. The first-order valence-electron chi connectivity index (χ1n) is 7.85. The fourth-order valence-corrected chi connectivity index (χ4v) is 2.93. The lowest BCUT2D eigenvalue weighted by atomic mass is 9.95. The van der Waals surface area contributed by atoms with E-state index >= 15 is 0 Å². The van der Waals surface area contributed by atoms with E-state index in [1.165, 1.54) is 18.4 Å². The van der Waals surface area contributed by atoms with E-state index in [-0.39, 0.29) is 0 Å². The highest BCUT2D eigenvalue weighted by Gasteiger charge is 2.21. The van der Waals surface area contributed by atoms with Crippen LogP contribution in [0, 0.1) is 5.92 Å². The van der Waals surface area contributed by atoms with Gasteiger partial charge in [0.1, 0.15) is 5.82 Å². The van der Waals surface area contributed by atoms with Gasteiger partial charge in [-0.25, -0.2) is 4.98 Å². The molecule has 1 atom stereocenters. The van der Waals surface area contributed by atoms with Crippen LogP contribution in [0.2, 0.25) is 0 Å². The Labute approximate surface area is 122 Å². The second-order valence-corrected chi connectivity index (χ2v) is 5.63. The van der Waals surface area contributed by atoms with Crippen molar-refractivity contribution in [2.45, 2.75) is 39.2 Å². The van der Waals surface area contributed by atoms with E-state index in [0.29, 0.717) is 12.5 Å². The molecule has 1 aliphatic rings. The van der Waals surface area contributed by atoms with Crippen molar-refractivity contribution in [3.05, 3.63) is 23.9 Å². The lowest BCUT2D eigenvalue weighted by Crippen LogP contribution is -2.37. The van der Waals surface area contributed by atoms with Gasteiger partial charge in [0.05, 0.1) is 0 Å². The molecule has 4 heteroatoms. The molecular formula is C16H27N3O. The Morgan fingerprint density at radius 1 is 1.50 bits per heavy atom. The van der Waals surface area contributed by atoms with Gasteiger partial charge in [-0.05, 0) is 44.2 Å². The zero-order valence-corrected chi connectivity index (χ0v) is 12.5. The summed E-state index contributed by atoms with van der Waals surface area (Å²) in [6, 6.07) is 4.18. The molecule has 1 saturated heterocycles. The average molecular weight is 277 g/mol. The topological polar surface area (TPSA) is 48.4 Å². The minimum Gasteiger partial charge on any atom is -0.396 e. The zero-order valence-electron chi connectivity index (χ0n) is 12.5. The molecule has 0 aliphatic carbocycles. The zero-order chi connectivity index (χ0) is 14.2. The standard InChI is InChI=1S/C16H27N3O/c1-2-8-17-12-15-6-3-9-18-16(15)19-10-4-5-14(13-19)7-11-20/h3,6,9,14,17,20H,2,4-5,7-8,10-13H2,1H3. The summed E-state index contributed by atoms with van der Waals surface area (Å²) in [7, 11) is 0. The third-order valence-electron chi connectivity index (χ3n) is 3.97. The van der Waals surface area contributed by atoms with Crippen LogP contribution >= 0.6 is 0 Å². The van der Waals surface area contributed by atoms with Crippen LogP contribution in [0.3, 0.4) is 0 Å². The molecule has 1 fully saturated rings. The summed E-state index contributed by atoms with van der Waals surface area (Å²) in [5.41, 5.74) is 1.28. The lowest BCUT2D eigenvalue weighted by molar-refractivity contribution is 0.244. The monoisotopic (exact) mass is 277 g/mol. The third kappa shape index (κ3) is 4.18. The van der Waals surface area contributed by atoms with E-state index in [2.05, 4.69) is 28.2 Å². The van der Waals surface area contributed by atoms with Crippen molar-refractivity contribution in [2.24, 2.45) is 5.92 Å². The normalized spacial score (nSPS) is 19.3. The molecule has 0 aromatic carbocycles. The molecule has 4 nitrogen and oxygen atoms in total. The van der Waals surface area contributed by atoms with Crippen LogP contribution in [0.4, 0.5) is 5.82 Å². The van der Waals surface area contributed by atoms with Crippen LogP contribution in [0.1, 0.15) is 38.2 Å². The largest absolute Gasteiger partial charge is 0.396 e. The van der Waals surface area contributed by atoms with Gasteiger partial charge in [-0.15, -0.1) is 0 Å². The number of hydrogen-bond donors (Lipinski definition) is 2. The number of aliphatic hydroxyl groups is 1. The Balaban J connectivity index is 2.03. The predicted octanol–water partition coefficient (Wildman–Crippen LogP) is 2.18. The van der Waals surface area contributed by atoms with E-state index in [0.717, 1.165) is 44.8 Å². The average Bonchev–Trinajstić information content (AvgIpc) is 2.49. The van der Waals surface area contributed by atoms with Crippen LogP contribution < -0.4 is 10.2 Å². The van der Waals surface area contributed by atoms with Crippen LogP contribution in [-0.2, 0) is 6.54 Å². The summed E-state index contributed by atoms with van der Waals surface area (Å²) < 4.78 is 0. The van der Waals surface area contributed by atoms with Gasteiger partial charge < -0.3 is 15.3 Å². The number of rotatable bonds is 7. The highest BCUT2D eigenvalue weighted by atomic mass is 16.3. The molecule has 0 radical (unpaired) electrons. The summed E-state index contributed by atoms with van der Waals surface area (Å²) in [6.07, 6.45) is 6.37. The highest BCUT2D eigenvalue weighted by molar-refractivity contribution is 5.47. The first kappa shape index (κ1) is 15.3. The van der Waals surface area contributed by atoms with Crippen LogP contribution in [0.15, 0.2) is 18.3 Å². The minimum absolute atomic E-state index is 0.297. The van der Waals surface area contributed by atoms with Gasteiger partial charge >= 0.3 is 0 Å². The maximum atomic E-state index is 9.13. The molecule has 0 bridgehead atoms. The highest BCUT2D eigenvalue weighted by Crippen LogP contribution is 2.25. The van der Waals surface area contributed by atoms with E-state index in [1.807, 2.05) is 12.3 Å². The van der Waals surface area contributed by atoms with Crippen LogP contribution in [0.5, 0.6) is 0 Å². The van der Waals surface area contributed by atoms with E-state index in [4.69, 9.17) is 5.11 Å². The second kappa shape index (κ2) is 8.22. The summed E-state index contributed by atoms with van der Waals surface area (Å²) in [6.45, 7) is 6.52. The number of anilines is 1. The molecule has 1 aliphatic heterocycles. The molecule has 0 spiro atoms. The van der Waals surface area contributed by atoms with Crippen molar-refractivity contribution in [1.29, 1.82) is 0 Å². The van der Waals surface area contributed by atoms with E-state index < -0.39 is 0 Å². The molecule has 2 rings (SSSR count). The van der Waals surface area contributed by atoms with Crippen molar-refractivity contribution >= 4 is 5.82 Å². The molecule has 20 heavy (non-hydrogen) atoms. The van der Waals surface area contributed by atoms with Gasteiger partial charge in [-0.2, -0.15) is 0 Å². The van der Waals surface area contributed by atoms with Crippen molar-refractivity contribution < 1.29 is 5.11 Å². The van der Waals surface area contributed by atoms with Gasteiger partial charge in [0.25, 0.3) is 0 Å². The Kier molecular flexibility index (Phi) is 6.27.